The number of nitrogens with zero attached hydrogens (tertiary/aromatic N) is 1. The van der Waals surface area contributed by atoms with Crippen molar-refractivity contribution in [2.75, 3.05) is 7.11 Å². The quantitative estimate of drug-likeness (QED) is 0.747. The molecular weight excluding hydrogens is 325 g/mol. The average molecular weight is 347 g/mol. The summed E-state index contributed by atoms with van der Waals surface area (Å²) in [7, 11) is 0.0801. The van der Waals surface area contributed by atoms with E-state index in [1.54, 1.807) is 18.3 Å². The summed E-state index contributed by atoms with van der Waals surface area (Å²) >= 11 is 0. The number of halogens is 1. The molecule has 3 nitrogen and oxygen atoms in total. The number of benzene rings is 2. The van der Waals surface area contributed by atoms with Gasteiger partial charge in [-0.2, -0.15) is 4.40 Å². The van der Waals surface area contributed by atoms with Gasteiger partial charge in [0.2, 0.25) is 0 Å². The van der Waals surface area contributed by atoms with E-state index in [0.29, 0.717) is 0 Å². The molecule has 0 aliphatic rings. The van der Waals surface area contributed by atoms with E-state index in [9.17, 15) is 8.60 Å². The van der Waals surface area contributed by atoms with E-state index in [0.717, 1.165) is 11.1 Å². The number of hydrogen-bond acceptors (Lipinski definition) is 2. The summed E-state index contributed by atoms with van der Waals surface area (Å²) in [5, 5.41) is 0. The summed E-state index contributed by atoms with van der Waals surface area (Å²) in [4.78, 5) is 0. The van der Waals surface area contributed by atoms with Gasteiger partial charge >= 0.3 is 0 Å². The zero-order valence-corrected chi connectivity index (χ0v) is 15.1. The van der Waals surface area contributed by atoms with Crippen molar-refractivity contribution in [2.45, 2.75) is 31.4 Å². The predicted molar refractivity (Wildman–Crippen MR) is 97.6 cm³/mol. The molecule has 5 heteroatoms. The van der Waals surface area contributed by atoms with Crippen LogP contribution in [0.25, 0.3) is 0 Å². The third-order valence-electron chi connectivity index (χ3n) is 3.52. The van der Waals surface area contributed by atoms with Crippen LogP contribution in [-0.2, 0) is 11.0 Å². The molecule has 0 heterocycles. The normalized spacial score (nSPS) is 14.5. The van der Waals surface area contributed by atoms with Gasteiger partial charge in [0.1, 0.15) is 11.0 Å². The maximum absolute atomic E-state index is 13.7. The van der Waals surface area contributed by atoms with Gasteiger partial charge in [0, 0.05) is 12.1 Å². The first-order valence-corrected chi connectivity index (χ1v) is 8.78. The lowest BCUT2D eigenvalue weighted by molar-refractivity contribution is 0.386. The van der Waals surface area contributed by atoms with Gasteiger partial charge in [0.25, 0.3) is 0 Å². The van der Waals surface area contributed by atoms with E-state index in [-0.39, 0.29) is 11.7 Å². The zero-order valence-electron chi connectivity index (χ0n) is 14.3. The second kappa shape index (κ2) is 7.71. The highest BCUT2D eigenvalue weighted by Crippen LogP contribution is 2.28. The van der Waals surface area contributed by atoms with E-state index in [1.807, 2.05) is 51.1 Å². The van der Waals surface area contributed by atoms with E-state index >= 15 is 0 Å². The SMILES string of the molecule is COc1cc(C(C=NS(=O)C(C)(C)C)c2ccccc2)ccc1F. The van der Waals surface area contributed by atoms with Crippen molar-refractivity contribution >= 4 is 17.2 Å². The van der Waals surface area contributed by atoms with Crippen LogP contribution in [0, 0.1) is 5.82 Å². The fourth-order valence-corrected chi connectivity index (χ4v) is 2.72. The molecule has 0 saturated carbocycles. The van der Waals surface area contributed by atoms with Gasteiger partial charge in [-0.1, -0.05) is 36.4 Å². The summed E-state index contributed by atoms with van der Waals surface area (Å²) in [6, 6.07) is 14.4. The highest BCUT2D eigenvalue weighted by molar-refractivity contribution is 7.85. The molecule has 2 atom stereocenters. The molecule has 0 aliphatic carbocycles. The number of methoxy groups -OCH3 is 1. The molecule has 0 amide bonds. The fraction of sp³-hybridized carbons (Fsp3) is 0.316. The molecule has 0 N–H and O–H groups in total. The van der Waals surface area contributed by atoms with Gasteiger partial charge in [-0.25, -0.2) is 8.60 Å². The first-order chi connectivity index (χ1) is 11.3. The molecule has 128 valence electrons. The molecule has 2 aromatic rings. The van der Waals surface area contributed by atoms with Gasteiger partial charge in [0.05, 0.1) is 11.9 Å². The molecule has 2 aromatic carbocycles. The smallest absolute Gasteiger partial charge is 0.165 e. The Labute approximate surface area is 145 Å². The van der Waals surface area contributed by atoms with Crippen LogP contribution < -0.4 is 4.74 Å². The van der Waals surface area contributed by atoms with Crippen LogP contribution in [-0.4, -0.2) is 22.3 Å². The third kappa shape index (κ3) is 4.51. The summed E-state index contributed by atoms with van der Waals surface area (Å²) in [6.07, 6.45) is 1.67. The molecule has 0 bridgehead atoms. The van der Waals surface area contributed by atoms with Crippen LogP contribution in [0.5, 0.6) is 5.75 Å². The Bertz CT molecular complexity index is 739. The summed E-state index contributed by atoms with van der Waals surface area (Å²) < 4.78 is 34.8. The van der Waals surface area contributed by atoms with Crippen molar-refractivity contribution in [2.24, 2.45) is 4.40 Å². The molecule has 0 saturated heterocycles. The molecule has 0 radical (unpaired) electrons. The Kier molecular flexibility index (Phi) is 5.89. The topological polar surface area (TPSA) is 38.7 Å². The van der Waals surface area contributed by atoms with Crippen LogP contribution >= 0.6 is 0 Å². The minimum absolute atomic E-state index is 0.179. The molecule has 0 fully saturated rings. The Morgan fingerprint density at radius 1 is 1.12 bits per heavy atom. The maximum atomic E-state index is 13.7. The largest absolute Gasteiger partial charge is 0.494 e. The van der Waals surface area contributed by atoms with Crippen molar-refractivity contribution in [3.63, 3.8) is 0 Å². The third-order valence-corrected chi connectivity index (χ3v) is 4.88. The fourth-order valence-electron chi connectivity index (χ4n) is 2.17. The van der Waals surface area contributed by atoms with Crippen molar-refractivity contribution in [1.29, 1.82) is 0 Å². The molecule has 2 rings (SSSR count). The average Bonchev–Trinajstić information content (AvgIpc) is 2.56. The molecule has 0 spiro atoms. The maximum Gasteiger partial charge on any atom is 0.165 e. The molecule has 0 aliphatic heterocycles. The van der Waals surface area contributed by atoms with E-state index < -0.39 is 21.5 Å². The Morgan fingerprint density at radius 2 is 1.79 bits per heavy atom. The molecule has 24 heavy (non-hydrogen) atoms. The lowest BCUT2D eigenvalue weighted by atomic mass is 9.92. The van der Waals surface area contributed by atoms with Crippen LogP contribution in [0.3, 0.4) is 0 Å². The highest BCUT2D eigenvalue weighted by Gasteiger charge is 2.20. The second-order valence-electron chi connectivity index (χ2n) is 6.40. The summed E-state index contributed by atoms with van der Waals surface area (Å²) in [5.41, 5.74) is 1.81. The van der Waals surface area contributed by atoms with E-state index in [2.05, 4.69) is 4.40 Å². The Balaban J connectivity index is 2.45. The number of ether oxygens (including phenoxy) is 1. The molecule has 2 unspecified atom stereocenters. The summed E-state index contributed by atoms with van der Waals surface area (Å²) in [6.45, 7) is 5.62. The first-order valence-electron chi connectivity index (χ1n) is 7.67. The van der Waals surface area contributed by atoms with Crippen LogP contribution in [0.4, 0.5) is 4.39 Å². The zero-order chi connectivity index (χ0) is 17.7. The molecular formula is C19H22FNO2S. The Hall–Kier alpha value is -2.01. The van der Waals surface area contributed by atoms with Gasteiger partial charge < -0.3 is 4.74 Å². The van der Waals surface area contributed by atoms with Gasteiger partial charge in [-0.15, -0.1) is 0 Å². The number of rotatable bonds is 5. The Morgan fingerprint density at radius 3 is 2.38 bits per heavy atom. The minimum atomic E-state index is -1.35. The van der Waals surface area contributed by atoms with Crippen LogP contribution in [0.15, 0.2) is 52.9 Å². The monoisotopic (exact) mass is 347 g/mol. The highest BCUT2D eigenvalue weighted by atomic mass is 32.2. The predicted octanol–water partition coefficient (Wildman–Crippen LogP) is 4.50. The lowest BCUT2D eigenvalue weighted by Crippen LogP contribution is -2.20. The van der Waals surface area contributed by atoms with Gasteiger partial charge in [-0.05, 0) is 44.0 Å². The lowest BCUT2D eigenvalue weighted by Gasteiger charge is -2.17. The number of hydrogen-bond donors (Lipinski definition) is 0. The van der Waals surface area contributed by atoms with Crippen molar-refractivity contribution in [3.8, 4) is 5.75 Å². The second-order valence-corrected chi connectivity index (χ2v) is 8.33. The van der Waals surface area contributed by atoms with Crippen LogP contribution in [0.1, 0.15) is 37.8 Å². The first kappa shape index (κ1) is 18.3. The molecule has 0 aromatic heterocycles. The van der Waals surface area contributed by atoms with E-state index in [1.165, 1.54) is 13.2 Å². The van der Waals surface area contributed by atoms with Crippen molar-refractivity contribution < 1.29 is 13.3 Å². The van der Waals surface area contributed by atoms with Gasteiger partial charge in [-0.3, -0.25) is 0 Å². The van der Waals surface area contributed by atoms with Crippen molar-refractivity contribution in [1.82, 2.24) is 0 Å². The van der Waals surface area contributed by atoms with Crippen molar-refractivity contribution in [3.05, 3.63) is 65.5 Å². The van der Waals surface area contributed by atoms with Gasteiger partial charge in [0.15, 0.2) is 11.6 Å². The standard InChI is InChI=1S/C19H22FNO2S/c1-19(2,3)24(22)21-13-16(14-8-6-5-7-9-14)15-10-11-17(20)18(12-15)23-4/h5-13,16H,1-4H3. The summed E-state index contributed by atoms with van der Waals surface area (Å²) in [5.74, 6) is -0.464. The minimum Gasteiger partial charge on any atom is -0.494 e. The van der Waals surface area contributed by atoms with Crippen LogP contribution in [0.2, 0.25) is 0 Å². The van der Waals surface area contributed by atoms with E-state index in [4.69, 9.17) is 4.74 Å².